The number of nitrogens with one attached hydrogen (secondary N) is 1. The summed E-state index contributed by atoms with van der Waals surface area (Å²) in [6.07, 6.45) is 4.72. The molecule has 0 atom stereocenters. The van der Waals surface area contributed by atoms with E-state index in [1.807, 2.05) is 49.4 Å². The Labute approximate surface area is 245 Å². The summed E-state index contributed by atoms with van der Waals surface area (Å²) in [7, 11) is -1.25. The molecule has 3 heterocycles. The van der Waals surface area contributed by atoms with E-state index in [0.717, 1.165) is 17.2 Å². The topological polar surface area (TPSA) is 128 Å². The molecule has 0 saturated carbocycles. The molecule has 2 amide bonds. The van der Waals surface area contributed by atoms with Crippen LogP contribution < -0.4 is 11.1 Å². The van der Waals surface area contributed by atoms with Gasteiger partial charge in [0.2, 0.25) is 0 Å². The number of hydrogen-bond acceptors (Lipinski definition) is 7. The molecule has 1 radical (unpaired) electrons. The van der Waals surface area contributed by atoms with Gasteiger partial charge in [0.25, 0.3) is 0 Å². The van der Waals surface area contributed by atoms with E-state index in [0.29, 0.717) is 28.9 Å². The number of nitrogens with two attached hydrogens (primary N) is 1. The van der Waals surface area contributed by atoms with Gasteiger partial charge in [-0.15, -0.1) is 0 Å². The van der Waals surface area contributed by atoms with Crippen LogP contribution in [0.25, 0.3) is 10.9 Å². The van der Waals surface area contributed by atoms with E-state index in [9.17, 15) is 9.59 Å². The number of aryl methyl sites for hydroxylation is 1. The summed E-state index contributed by atoms with van der Waals surface area (Å²) < 4.78 is 7.49. The van der Waals surface area contributed by atoms with Gasteiger partial charge < -0.3 is 20.7 Å². The summed E-state index contributed by atoms with van der Waals surface area (Å²) in [5, 5.41) is 7.69. The Hall–Kier alpha value is -3.57. The van der Waals surface area contributed by atoms with Crippen molar-refractivity contribution < 1.29 is 31.4 Å². The second-order valence-electron chi connectivity index (χ2n) is 10.7. The first-order valence-corrected chi connectivity index (χ1v) is 16.5. The molecule has 0 fully saturated rings. The molecular weight excluding hydrogens is 574 g/mol. The van der Waals surface area contributed by atoms with Gasteiger partial charge in [0.1, 0.15) is 12.5 Å². The first-order chi connectivity index (χ1) is 18.6. The number of anilines is 2. The molecule has 0 saturated heterocycles. The van der Waals surface area contributed by atoms with Crippen molar-refractivity contribution in [1.29, 1.82) is 0 Å². The van der Waals surface area contributed by atoms with Gasteiger partial charge in [0.15, 0.2) is 0 Å². The Morgan fingerprint density at radius 3 is 2.52 bits per heavy atom. The van der Waals surface area contributed by atoms with Gasteiger partial charge in [-0.25, -0.2) is 9.67 Å². The SMILES string of the molecule is Cc1ccnc(CN(Cc2ccccc2)C(=O)C(=O)Nc2cnc(N)c3cnn(COCC[Si](C)(C)C)c23)c1.[Cu]. The van der Waals surface area contributed by atoms with Crippen molar-refractivity contribution in [3.8, 4) is 0 Å². The molecule has 0 spiro atoms. The van der Waals surface area contributed by atoms with Gasteiger partial charge in [0, 0.05) is 44.5 Å². The third-order valence-corrected chi connectivity index (χ3v) is 7.89. The van der Waals surface area contributed by atoms with Gasteiger partial charge in [-0.05, 0) is 36.2 Å². The fourth-order valence-corrected chi connectivity index (χ4v) is 4.80. The predicted octanol–water partition coefficient (Wildman–Crippen LogP) is 4.19. The number of fused-ring (bicyclic) bond motifs is 1. The van der Waals surface area contributed by atoms with Crippen LogP contribution in [-0.2, 0) is 51.2 Å². The van der Waals surface area contributed by atoms with Crippen LogP contribution >= 0.6 is 0 Å². The maximum atomic E-state index is 13.5. The molecule has 0 aliphatic carbocycles. The normalized spacial score (nSPS) is 11.2. The molecule has 0 unspecified atom stereocenters. The number of pyridine rings is 2. The summed E-state index contributed by atoms with van der Waals surface area (Å²) in [4.78, 5) is 36.8. The molecular formula is C28H35CuN7O3Si. The molecule has 3 N–H and O–H groups in total. The quantitative estimate of drug-likeness (QED) is 0.157. The van der Waals surface area contributed by atoms with Crippen LogP contribution in [0.1, 0.15) is 16.8 Å². The zero-order valence-electron chi connectivity index (χ0n) is 23.1. The third-order valence-electron chi connectivity index (χ3n) is 6.18. The van der Waals surface area contributed by atoms with E-state index in [1.165, 1.54) is 11.1 Å². The Kier molecular flexibility index (Phi) is 10.6. The van der Waals surface area contributed by atoms with E-state index in [2.05, 4.69) is 40.0 Å². The molecule has 4 rings (SSSR count). The fourth-order valence-electron chi connectivity index (χ4n) is 4.04. The molecule has 40 heavy (non-hydrogen) atoms. The number of nitrogen functional groups attached to an aromatic ring is 1. The molecule has 4 aromatic rings. The van der Waals surface area contributed by atoms with E-state index in [-0.39, 0.29) is 42.7 Å². The van der Waals surface area contributed by atoms with Crippen LogP contribution in [-0.4, -0.2) is 51.1 Å². The number of amides is 2. The zero-order chi connectivity index (χ0) is 28.0. The minimum absolute atomic E-state index is 0. The molecule has 12 heteroatoms. The van der Waals surface area contributed by atoms with Crippen molar-refractivity contribution in [2.45, 2.75) is 52.4 Å². The van der Waals surface area contributed by atoms with Crippen molar-refractivity contribution in [3.63, 3.8) is 0 Å². The number of aromatic nitrogens is 4. The van der Waals surface area contributed by atoms with Crippen LogP contribution in [0.5, 0.6) is 0 Å². The molecule has 3 aromatic heterocycles. The molecule has 1 aromatic carbocycles. The number of rotatable bonds is 10. The number of carbonyl (C=O) groups excluding carboxylic acids is 2. The van der Waals surface area contributed by atoms with Crippen molar-refractivity contribution in [2.75, 3.05) is 17.7 Å². The maximum Gasteiger partial charge on any atom is 0.314 e. The number of benzene rings is 1. The molecule has 0 aliphatic rings. The Morgan fingerprint density at radius 2 is 1.82 bits per heavy atom. The maximum absolute atomic E-state index is 13.5. The van der Waals surface area contributed by atoms with E-state index < -0.39 is 19.9 Å². The molecule has 215 valence electrons. The predicted molar refractivity (Wildman–Crippen MR) is 154 cm³/mol. The number of hydrogen-bond donors (Lipinski definition) is 2. The Balaban J connectivity index is 0.00000441. The fraction of sp³-hybridized carbons (Fsp3) is 0.321. The minimum Gasteiger partial charge on any atom is -0.383 e. The molecule has 0 aliphatic heterocycles. The number of nitrogens with zero attached hydrogens (tertiary/aromatic N) is 5. The van der Waals surface area contributed by atoms with E-state index >= 15 is 0 Å². The van der Waals surface area contributed by atoms with Gasteiger partial charge in [0.05, 0.1) is 41.2 Å². The van der Waals surface area contributed by atoms with Crippen LogP contribution in [0.3, 0.4) is 0 Å². The summed E-state index contributed by atoms with van der Waals surface area (Å²) >= 11 is 0. The van der Waals surface area contributed by atoms with Crippen molar-refractivity contribution in [1.82, 2.24) is 24.6 Å². The van der Waals surface area contributed by atoms with Crippen LogP contribution in [0.4, 0.5) is 11.5 Å². The number of carbonyl (C=O) groups is 2. The zero-order valence-corrected chi connectivity index (χ0v) is 25.1. The van der Waals surface area contributed by atoms with Crippen molar-refractivity contribution in [3.05, 3.63) is 77.9 Å². The third kappa shape index (κ3) is 8.22. The average Bonchev–Trinajstić information content (AvgIpc) is 3.33. The largest absolute Gasteiger partial charge is 0.383 e. The van der Waals surface area contributed by atoms with Gasteiger partial charge in [-0.3, -0.25) is 14.6 Å². The minimum atomic E-state index is -1.25. The van der Waals surface area contributed by atoms with Gasteiger partial charge >= 0.3 is 11.8 Å². The molecule has 0 bridgehead atoms. The van der Waals surface area contributed by atoms with Gasteiger partial charge in [-0.2, -0.15) is 5.10 Å². The average molecular weight is 609 g/mol. The summed E-state index contributed by atoms with van der Waals surface area (Å²) in [6.45, 7) is 10.0. The van der Waals surface area contributed by atoms with E-state index in [1.54, 1.807) is 17.1 Å². The molecule has 10 nitrogen and oxygen atoms in total. The van der Waals surface area contributed by atoms with Crippen LogP contribution in [0, 0.1) is 6.92 Å². The Bertz CT molecular complexity index is 1460. The summed E-state index contributed by atoms with van der Waals surface area (Å²) in [5.41, 5.74) is 9.57. The first-order valence-electron chi connectivity index (χ1n) is 12.8. The van der Waals surface area contributed by atoms with E-state index in [4.69, 9.17) is 10.5 Å². The van der Waals surface area contributed by atoms with Crippen LogP contribution in [0.2, 0.25) is 25.7 Å². The monoisotopic (exact) mass is 608 g/mol. The van der Waals surface area contributed by atoms with Crippen molar-refractivity contribution in [2.24, 2.45) is 0 Å². The second-order valence-corrected chi connectivity index (χ2v) is 16.4. The summed E-state index contributed by atoms with van der Waals surface area (Å²) in [6, 6.07) is 14.3. The smallest absolute Gasteiger partial charge is 0.314 e. The second kappa shape index (κ2) is 13.7. The van der Waals surface area contributed by atoms with Gasteiger partial charge in [-0.1, -0.05) is 50.0 Å². The number of ether oxygens (including phenoxy) is 1. The Morgan fingerprint density at radius 1 is 1.07 bits per heavy atom. The van der Waals surface area contributed by atoms with Crippen molar-refractivity contribution >= 4 is 42.3 Å². The summed E-state index contributed by atoms with van der Waals surface area (Å²) in [5.74, 6) is -1.21. The first kappa shape index (κ1) is 31.0. The van der Waals surface area contributed by atoms with Crippen LogP contribution in [0.15, 0.2) is 61.1 Å². The standard InChI is InChI=1S/C28H35N7O3Si.Cu/c1-20-10-11-30-22(14-20)18-34(17-21-8-6-5-7-9-21)28(37)27(36)33-24-16-31-26(29)23-15-32-35(25(23)24)19-38-12-13-39(2,3)4;/h5-11,14-16H,12-13,17-19H2,1-4H3,(H2,29,31)(H,33,36);.